The highest BCUT2D eigenvalue weighted by atomic mass is 35.5. The minimum Gasteiger partial charge on any atom is -0.382 e. The maximum Gasteiger partial charge on any atom is 0.131 e. The summed E-state index contributed by atoms with van der Waals surface area (Å²) in [5, 5.41) is 4.10. The van der Waals surface area contributed by atoms with Crippen LogP contribution in [-0.4, -0.2) is 11.0 Å². The molecule has 1 heterocycles. The van der Waals surface area contributed by atoms with Gasteiger partial charge in [0.05, 0.1) is 0 Å². The lowest BCUT2D eigenvalue weighted by Crippen LogP contribution is -2.28. The Balaban J connectivity index is 1.67. The van der Waals surface area contributed by atoms with Crippen LogP contribution in [0, 0.1) is 17.8 Å². The van der Waals surface area contributed by atoms with E-state index in [0.717, 1.165) is 23.4 Å². The molecule has 1 N–H and O–H groups in total. The van der Waals surface area contributed by atoms with Gasteiger partial charge in [-0.3, -0.25) is 0 Å². The number of nitrogens with zero attached hydrogens (tertiary/aromatic N) is 1. The van der Waals surface area contributed by atoms with Gasteiger partial charge < -0.3 is 5.32 Å². The summed E-state index contributed by atoms with van der Waals surface area (Å²) in [6.45, 7) is 2.27. The highest BCUT2D eigenvalue weighted by Crippen LogP contribution is 2.45. The van der Waals surface area contributed by atoms with E-state index in [1.165, 1.54) is 12.8 Å². The van der Waals surface area contributed by atoms with Gasteiger partial charge in [-0.25, -0.2) is 4.98 Å². The second kappa shape index (κ2) is 4.34. The monoisotopic (exact) mass is 248 g/mol. The predicted octanol–water partition coefficient (Wildman–Crippen LogP) is 3.75. The van der Waals surface area contributed by atoms with Gasteiger partial charge in [-0.2, -0.15) is 0 Å². The molecule has 90 valence electrons. The first-order valence-corrected chi connectivity index (χ1v) is 6.66. The summed E-state index contributed by atoms with van der Waals surface area (Å²) >= 11 is 5.89. The minimum absolute atomic E-state index is 0.494. The molecule has 0 saturated heterocycles. The lowest BCUT2D eigenvalue weighted by atomic mass is 9.87. The number of halogens is 1. The zero-order chi connectivity index (χ0) is 11.8. The average Bonchev–Trinajstić information content (AvgIpc) is 2.90. The summed E-state index contributed by atoms with van der Waals surface area (Å²) in [6, 6.07) is 4.36. The quantitative estimate of drug-likeness (QED) is 0.651. The number of anilines is 1. The molecule has 2 nitrogen and oxygen atoms in total. The Hall–Kier alpha value is -1.02. The molecule has 0 aliphatic heterocycles. The van der Waals surface area contributed by atoms with Crippen LogP contribution in [0.3, 0.4) is 0 Å². The fraction of sp³-hybridized carbons (Fsp3) is 0.500. The number of fused-ring (bicyclic) bond motifs is 2. The highest BCUT2D eigenvalue weighted by molar-refractivity contribution is 6.29. The molecule has 3 rings (SSSR count). The van der Waals surface area contributed by atoms with E-state index in [2.05, 4.69) is 29.4 Å². The van der Waals surface area contributed by atoms with E-state index in [0.29, 0.717) is 11.2 Å². The van der Waals surface area contributed by atoms with E-state index in [-0.39, 0.29) is 0 Å². The highest BCUT2D eigenvalue weighted by Gasteiger charge is 2.38. The molecule has 1 aromatic rings. The van der Waals surface area contributed by atoms with Crippen molar-refractivity contribution in [3.05, 3.63) is 35.6 Å². The Labute approximate surface area is 107 Å². The molecule has 0 spiro atoms. The largest absolute Gasteiger partial charge is 0.382 e. The molecule has 3 heteroatoms. The third-order valence-electron chi connectivity index (χ3n) is 4.09. The van der Waals surface area contributed by atoms with E-state index in [1.54, 1.807) is 6.20 Å². The second-order valence-corrected chi connectivity index (χ2v) is 5.63. The number of hydrogen-bond donors (Lipinski definition) is 1. The Morgan fingerprint density at radius 3 is 2.94 bits per heavy atom. The fourth-order valence-electron chi connectivity index (χ4n) is 3.26. The Bertz CT molecular complexity index is 444. The van der Waals surface area contributed by atoms with Crippen LogP contribution in [0.15, 0.2) is 30.5 Å². The molecule has 0 amide bonds. The third kappa shape index (κ3) is 2.19. The zero-order valence-corrected chi connectivity index (χ0v) is 10.7. The van der Waals surface area contributed by atoms with Crippen molar-refractivity contribution in [2.75, 3.05) is 5.32 Å². The van der Waals surface area contributed by atoms with Gasteiger partial charge in [0, 0.05) is 17.9 Å². The van der Waals surface area contributed by atoms with E-state index < -0.39 is 0 Å². The molecule has 1 saturated carbocycles. The van der Waals surface area contributed by atoms with Gasteiger partial charge in [0.2, 0.25) is 0 Å². The van der Waals surface area contributed by atoms with Crippen molar-refractivity contribution in [2.24, 2.45) is 17.8 Å². The first-order chi connectivity index (χ1) is 8.22. The molecule has 1 aromatic heterocycles. The molecular weight excluding hydrogens is 232 g/mol. The number of hydrogen-bond acceptors (Lipinski definition) is 2. The molecular formula is C14H17ClN2. The maximum absolute atomic E-state index is 5.89. The summed E-state index contributed by atoms with van der Waals surface area (Å²) in [6.07, 6.45) is 9.22. The van der Waals surface area contributed by atoms with E-state index >= 15 is 0 Å². The van der Waals surface area contributed by atoms with Crippen LogP contribution in [0.1, 0.15) is 19.8 Å². The standard InChI is InChI=1S/C14H17ClN2/c1-9(13-7-10-2-3-11(13)6-10)17-12-4-5-16-14(15)8-12/h2-5,8-11,13H,6-7H2,1H3,(H,16,17). The van der Waals surface area contributed by atoms with Crippen LogP contribution in [0.2, 0.25) is 5.15 Å². The summed E-state index contributed by atoms with van der Waals surface area (Å²) in [5.41, 5.74) is 1.07. The van der Waals surface area contributed by atoms with Crippen molar-refractivity contribution in [3.63, 3.8) is 0 Å². The van der Waals surface area contributed by atoms with Gasteiger partial charge in [-0.1, -0.05) is 23.8 Å². The Morgan fingerprint density at radius 2 is 2.29 bits per heavy atom. The number of rotatable bonds is 3. The first kappa shape index (κ1) is 11.1. The zero-order valence-electron chi connectivity index (χ0n) is 9.94. The van der Waals surface area contributed by atoms with Crippen LogP contribution in [0.5, 0.6) is 0 Å². The van der Waals surface area contributed by atoms with Crippen LogP contribution in [0.4, 0.5) is 5.69 Å². The van der Waals surface area contributed by atoms with E-state index in [9.17, 15) is 0 Å². The Kier molecular flexibility index (Phi) is 2.83. The number of nitrogens with one attached hydrogen (secondary N) is 1. The second-order valence-electron chi connectivity index (χ2n) is 5.24. The van der Waals surface area contributed by atoms with Crippen LogP contribution >= 0.6 is 11.6 Å². The van der Waals surface area contributed by atoms with Crippen LogP contribution in [-0.2, 0) is 0 Å². The summed E-state index contributed by atoms with van der Waals surface area (Å²) in [5.74, 6) is 2.37. The fourth-order valence-corrected chi connectivity index (χ4v) is 3.43. The maximum atomic E-state index is 5.89. The predicted molar refractivity (Wildman–Crippen MR) is 71.2 cm³/mol. The van der Waals surface area contributed by atoms with Gasteiger partial charge >= 0.3 is 0 Å². The lowest BCUT2D eigenvalue weighted by molar-refractivity contribution is 0.400. The topological polar surface area (TPSA) is 24.9 Å². The molecule has 2 bridgehead atoms. The molecule has 1 fully saturated rings. The van der Waals surface area contributed by atoms with Crippen molar-refractivity contribution in [1.82, 2.24) is 4.98 Å². The van der Waals surface area contributed by atoms with Gasteiger partial charge in [-0.15, -0.1) is 0 Å². The van der Waals surface area contributed by atoms with Crippen molar-refractivity contribution < 1.29 is 0 Å². The molecule has 0 aromatic carbocycles. The third-order valence-corrected chi connectivity index (χ3v) is 4.30. The van der Waals surface area contributed by atoms with Crippen LogP contribution in [0.25, 0.3) is 0 Å². The van der Waals surface area contributed by atoms with Crippen molar-refractivity contribution in [1.29, 1.82) is 0 Å². The molecule has 4 atom stereocenters. The van der Waals surface area contributed by atoms with E-state index in [4.69, 9.17) is 11.6 Å². The van der Waals surface area contributed by atoms with Gasteiger partial charge in [0.15, 0.2) is 0 Å². The van der Waals surface area contributed by atoms with Crippen molar-refractivity contribution in [2.45, 2.75) is 25.8 Å². The van der Waals surface area contributed by atoms with Gasteiger partial charge in [0.1, 0.15) is 5.15 Å². The van der Waals surface area contributed by atoms with Crippen LogP contribution < -0.4 is 5.32 Å². The summed E-state index contributed by atoms with van der Waals surface area (Å²) in [7, 11) is 0. The molecule has 17 heavy (non-hydrogen) atoms. The Morgan fingerprint density at radius 1 is 1.41 bits per heavy atom. The molecule has 2 aliphatic carbocycles. The van der Waals surface area contributed by atoms with Crippen molar-refractivity contribution in [3.8, 4) is 0 Å². The summed E-state index contributed by atoms with van der Waals surface area (Å²) in [4.78, 5) is 4.00. The first-order valence-electron chi connectivity index (χ1n) is 6.29. The molecule has 0 radical (unpaired) electrons. The van der Waals surface area contributed by atoms with Crippen molar-refractivity contribution >= 4 is 17.3 Å². The average molecular weight is 249 g/mol. The molecule has 4 unspecified atom stereocenters. The normalized spacial score (nSPS) is 31.8. The smallest absolute Gasteiger partial charge is 0.131 e. The van der Waals surface area contributed by atoms with E-state index in [1.807, 2.05) is 12.1 Å². The number of pyridine rings is 1. The lowest BCUT2D eigenvalue weighted by Gasteiger charge is -2.27. The number of aromatic nitrogens is 1. The summed E-state index contributed by atoms with van der Waals surface area (Å²) < 4.78 is 0. The van der Waals surface area contributed by atoms with Gasteiger partial charge in [-0.05, 0) is 49.7 Å². The minimum atomic E-state index is 0.494. The molecule has 2 aliphatic rings. The number of allylic oxidation sites excluding steroid dienone is 2. The SMILES string of the molecule is CC(Nc1ccnc(Cl)c1)C1CC2C=CC1C2. The van der Waals surface area contributed by atoms with Gasteiger partial charge in [0.25, 0.3) is 0 Å².